The quantitative estimate of drug-likeness (QED) is 0.841. The Morgan fingerprint density at radius 1 is 1.42 bits per heavy atom. The van der Waals surface area contributed by atoms with E-state index in [1.54, 1.807) is 5.38 Å². The van der Waals surface area contributed by atoms with Crippen LogP contribution in [0.1, 0.15) is 32.3 Å². The van der Waals surface area contributed by atoms with E-state index in [1.807, 2.05) is 6.07 Å². The molecule has 102 valence electrons. The Labute approximate surface area is 123 Å². The number of hydrogen-bond donors (Lipinski definition) is 2. The molecule has 0 aromatic carbocycles. The van der Waals surface area contributed by atoms with Crippen LogP contribution in [0.3, 0.4) is 0 Å². The number of thiazole rings is 1. The fraction of sp³-hybridized carbons (Fsp3) is 0.417. The van der Waals surface area contributed by atoms with E-state index in [-0.39, 0.29) is 10.3 Å². The molecule has 7 heteroatoms. The predicted octanol–water partition coefficient (Wildman–Crippen LogP) is 2.90. The van der Waals surface area contributed by atoms with Gasteiger partial charge in [-0.25, -0.2) is 9.97 Å². The molecule has 2 rings (SSSR count). The Bertz CT molecular complexity index is 629. The van der Waals surface area contributed by atoms with E-state index < -0.39 is 0 Å². The summed E-state index contributed by atoms with van der Waals surface area (Å²) >= 11 is 4.55. The van der Waals surface area contributed by atoms with Crippen LogP contribution in [-0.4, -0.2) is 15.0 Å². The van der Waals surface area contributed by atoms with E-state index >= 15 is 0 Å². The van der Waals surface area contributed by atoms with Gasteiger partial charge in [-0.3, -0.25) is 4.79 Å². The monoisotopic (exact) mass is 342 g/mol. The standard InChI is InChI=1S/C12H15BrN4OS/c1-12(2,3)10-16-8(13)4-9(17-10)14-5-7-6-19-11(18)15-7/h4,6H,5H2,1-3H3,(H,15,18)(H,14,16,17). The van der Waals surface area contributed by atoms with Gasteiger partial charge in [-0.1, -0.05) is 32.1 Å². The lowest BCUT2D eigenvalue weighted by atomic mass is 9.96. The summed E-state index contributed by atoms with van der Waals surface area (Å²) < 4.78 is 0.744. The third kappa shape index (κ3) is 3.87. The number of nitrogens with one attached hydrogen (secondary N) is 2. The van der Waals surface area contributed by atoms with Crippen LogP contribution < -0.4 is 10.2 Å². The van der Waals surface area contributed by atoms with Crippen molar-refractivity contribution in [3.63, 3.8) is 0 Å². The van der Waals surface area contributed by atoms with Gasteiger partial charge >= 0.3 is 4.87 Å². The van der Waals surface area contributed by atoms with Gasteiger partial charge in [-0.15, -0.1) is 0 Å². The highest BCUT2D eigenvalue weighted by Crippen LogP contribution is 2.22. The molecule has 0 amide bonds. The normalized spacial score (nSPS) is 11.6. The zero-order valence-corrected chi connectivity index (χ0v) is 13.4. The fourth-order valence-electron chi connectivity index (χ4n) is 1.43. The average molecular weight is 343 g/mol. The molecule has 0 saturated carbocycles. The van der Waals surface area contributed by atoms with Gasteiger partial charge in [0.15, 0.2) is 0 Å². The van der Waals surface area contributed by atoms with Gasteiger partial charge < -0.3 is 10.3 Å². The van der Waals surface area contributed by atoms with E-state index in [1.165, 1.54) is 0 Å². The molecule has 0 bridgehead atoms. The topological polar surface area (TPSA) is 70.7 Å². The first-order chi connectivity index (χ1) is 8.84. The van der Waals surface area contributed by atoms with E-state index in [0.717, 1.165) is 33.3 Å². The predicted molar refractivity (Wildman–Crippen MR) is 80.7 cm³/mol. The maximum Gasteiger partial charge on any atom is 0.304 e. The van der Waals surface area contributed by atoms with Crippen molar-refractivity contribution in [3.05, 3.63) is 37.2 Å². The highest BCUT2D eigenvalue weighted by molar-refractivity contribution is 9.10. The Balaban J connectivity index is 2.16. The van der Waals surface area contributed by atoms with E-state index in [2.05, 4.69) is 57.0 Å². The molecule has 0 atom stereocenters. The minimum absolute atomic E-state index is 0.0453. The second-order valence-electron chi connectivity index (χ2n) is 5.18. The number of aromatic amines is 1. The number of anilines is 1. The molecule has 0 aliphatic carbocycles. The summed E-state index contributed by atoms with van der Waals surface area (Å²) in [7, 11) is 0. The second kappa shape index (κ2) is 5.42. The van der Waals surface area contributed by atoms with Crippen molar-refractivity contribution in [1.29, 1.82) is 0 Å². The van der Waals surface area contributed by atoms with Crippen LogP contribution in [0.5, 0.6) is 0 Å². The summed E-state index contributed by atoms with van der Waals surface area (Å²) in [6.07, 6.45) is 0. The molecule has 2 N–H and O–H groups in total. The molecule has 5 nitrogen and oxygen atoms in total. The number of H-pyrrole nitrogens is 1. The summed E-state index contributed by atoms with van der Waals surface area (Å²) in [6, 6.07) is 1.82. The first-order valence-electron chi connectivity index (χ1n) is 5.80. The van der Waals surface area contributed by atoms with Crippen LogP contribution in [0.2, 0.25) is 0 Å². The summed E-state index contributed by atoms with van der Waals surface area (Å²) in [4.78, 5) is 22.6. The Morgan fingerprint density at radius 2 is 2.16 bits per heavy atom. The van der Waals surface area contributed by atoms with Crippen molar-refractivity contribution >= 4 is 33.1 Å². The number of rotatable bonds is 3. The number of nitrogens with zero attached hydrogens (tertiary/aromatic N) is 2. The Hall–Kier alpha value is -1.21. The number of halogens is 1. The minimum atomic E-state index is -0.114. The van der Waals surface area contributed by atoms with Crippen LogP contribution in [0, 0.1) is 0 Å². The molecule has 0 aliphatic heterocycles. The van der Waals surface area contributed by atoms with Crippen LogP contribution in [0.25, 0.3) is 0 Å². The van der Waals surface area contributed by atoms with Crippen molar-refractivity contribution in [1.82, 2.24) is 15.0 Å². The molecule has 0 saturated heterocycles. The molecular weight excluding hydrogens is 328 g/mol. The van der Waals surface area contributed by atoms with Gasteiger partial charge in [0.25, 0.3) is 0 Å². The zero-order chi connectivity index (χ0) is 14.0. The van der Waals surface area contributed by atoms with E-state index in [0.29, 0.717) is 6.54 Å². The van der Waals surface area contributed by atoms with Crippen molar-refractivity contribution < 1.29 is 0 Å². The van der Waals surface area contributed by atoms with Crippen molar-refractivity contribution in [2.24, 2.45) is 0 Å². The smallest absolute Gasteiger partial charge is 0.304 e. The van der Waals surface area contributed by atoms with E-state index in [9.17, 15) is 4.79 Å². The van der Waals surface area contributed by atoms with Gasteiger partial charge in [0, 0.05) is 22.6 Å². The molecular formula is C12H15BrN4OS. The molecule has 0 spiro atoms. The largest absolute Gasteiger partial charge is 0.364 e. The maximum absolute atomic E-state index is 11.0. The van der Waals surface area contributed by atoms with Gasteiger partial charge in [0.1, 0.15) is 16.2 Å². The van der Waals surface area contributed by atoms with Crippen LogP contribution in [0.4, 0.5) is 5.82 Å². The summed E-state index contributed by atoms with van der Waals surface area (Å²) in [5.74, 6) is 1.50. The molecule has 0 aliphatic rings. The Kier molecular flexibility index (Phi) is 4.05. The van der Waals surface area contributed by atoms with Gasteiger partial charge in [0.2, 0.25) is 0 Å². The van der Waals surface area contributed by atoms with Crippen molar-refractivity contribution in [2.45, 2.75) is 32.7 Å². The summed E-state index contributed by atoms with van der Waals surface area (Å²) in [6.45, 7) is 6.73. The molecule has 0 unspecified atom stereocenters. The lowest BCUT2D eigenvalue weighted by molar-refractivity contribution is 0.544. The Morgan fingerprint density at radius 3 is 2.74 bits per heavy atom. The molecule has 2 heterocycles. The number of aromatic nitrogens is 3. The second-order valence-corrected chi connectivity index (χ2v) is 6.83. The molecule has 2 aromatic rings. The molecule has 2 aromatic heterocycles. The highest BCUT2D eigenvalue weighted by Gasteiger charge is 2.18. The van der Waals surface area contributed by atoms with Crippen molar-refractivity contribution in [2.75, 3.05) is 5.32 Å². The van der Waals surface area contributed by atoms with Crippen LogP contribution >= 0.6 is 27.3 Å². The minimum Gasteiger partial charge on any atom is -0.364 e. The zero-order valence-electron chi connectivity index (χ0n) is 11.0. The van der Waals surface area contributed by atoms with Crippen molar-refractivity contribution in [3.8, 4) is 0 Å². The lowest BCUT2D eigenvalue weighted by Gasteiger charge is -2.17. The average Bonchev–Trinajstić information content (AvgIpc) is 2.71. The van der Waals surface area contributed by atoms with Crippen LogP contribution in [-0.2, 0) is 12.0 Å². The van der Waals surface area contributed by atoms with Gasteiger partial charge in [0.05, 0.1) is 6.54 Å². The van der Waals surface area contributed by atoms with Gasteiger partial charge in [-0.05, 0) is 15.9 Å². The fourth-order valence-corrected chi connectivity index (χ4v) is 2.40. The van der Waals surface area contributed by atoms with Crippen LogP contribution in [0.15, 0.2) is 20.8 Å². The summed E-state index contributed by atoms with van der Waals surface area (Å²) in [5.41, 5.74) is 0.735. The maximum atomic E-state index is 11.0. The summed E-state index contributed by atoms with van der Waals surface area (Å²) in [5, 5.41) is 4.98. The molecule has 0 fully saturated rings. The first-order valence-corrected chi connectivity index (χ1v) is 7.47. The lowest BCUT2D eigenvalue weighted by Crippen LogP contribution is -2.17. The third-order valence-electron chi connectivity index (χ3n) is 2.40. The third-order valence-corrected chi connectivity index (χ3v) is 3.52. The van der Waals surface area contributed by atoms with Gasteiger partial charge in [-0.2, -0.15) is 0 Å². The first kappa shape index (κ1) is 14.2. The SMILES string of the molecule is CC(C)(C)c1nc(Br)cc(NCc2csc(=O)[nH]2)n1. The highest BCUT2D eigenvalue weighted by atomic mass is 79.9. The molecule has 19 heavy (non-hydrogen) atoms. The van der Waals surface area contributed by atoms with E-state index in [4.69, 9.17) is 0 Å². The molecule has 0 radical (unpaired) electrons. The number of hydrogen-bond acceptors (Lipinski definition) is 5.